The summed E-state index contributed by atoms with van der Waals surface area (Å²) in [6, 6.07) is 3.36. The summed E-state index contributed by atoms with van der Waals surface area (Å²) < 4.78 is 27.9. The van der Waals surface area contributed by atoms with Crippen molar-refractivity contribution < 1.29 is 8.42 Å². The fourth-order valence-corrected chi connectivity index (χ4v) is 5.57. The molecule has 2 atom stereocenters. The number of rotatable bonds is 1. The van der Waals surface area contributed by atoms with Gasteiger partial charge in [-0.1, -0.05) is 0 Å². The Balaban J connectivity index is 2.24. The third-order valence-electron chi connectivity index (χ3n) is 4.42. The zero-order valence-electron chi connectivity index (χ0n) is 12.9. The number of sulfonamides is 1. The zero-order chi connectivity index (χ0) is 15.4. The molecule has 1 fully saturated rings. The van der Waals surface area contributed by atoms with Crippen molar-refractivity contribution in [2.75, 3.05) is 32.1 Å². The summed E-state index contributed by atoms with van der Waals surface area (Å²) in [5, 5.41) is 0. The normalized spacial score (nSPS) is 29.3. The molecule has 1 aromatic heterocycles. The zero-order valence-corrected chi connectivity index (χ0v) is 13.7. The maximum Gasteiger partial charge on any atom is 0.247 e. The van der Waals surface area contributed by atoms with Crippen LogP contribution in [-0.4, -0.2) is 67.9 Å². The van der Waals surface area contributed by atoms with Crippen LogP contribution in [0.15, 0.2) is 23.2 Å². The molecule has 1 saturated heterocycles. The van der Waals surface area contributed by atoms with Gasteiger partial charge in [-0.3, -0.25) is 0 Å². The summed E-state index contributed by atoms with van der Waals surface area (Å²) in [6.07, 6.45) is 1.66. The Kier molecular flexibility index (Phi) is 3.46. The van der Waals surface area contributed by atoms with Gasteiger partial charge in [0.2, 0.25) is 10.0 Å². The van der Waals surface area contributed by atoms with Crippen molar-refractivity contribution in [2.45, 2.75) is 36.9 Å². The number of likely N-dealkylation sites (N-methyl/N-ethyl adjacent to an activating group) is 2. The lowest BCUT2D eigenvalue weighted by Crippen LogP contribution is -2.52. The predicted molar refractivity (Wildman–Crippen MR) is 81.9 cm³/mol. The van der Waals surface area contributed by atoms with Gasteiger partial charge in [0.25, 0.3) is 0 Å². The molecule has 6 nitrogen and oxygen atoms in total. The van der Waals surface area contributed by atoms with E-state index in [1.165, 1.54) is 0 Å². The highest BCUT2D eigenvalue weighted by Crippen LogP contribution is 2.36. The Bertz CT molecular complexity index is 646. The van der Waals surface area contributed by atoms with E-state index < -0.39 is 10.0 Å². The molecule has 0 bridgehead atoms. The summed E-state index contributed by atoms with van der Waals surface area (Å²) in [5.41, 5.74) is 0. The SMILES string of the molecule is CC(C)N1[C@H]2CN(C)C[C@@H]2N(C)c2ncccc2S1(=O)=O. The van der Waals surface area contributed by atoms with Crippen molar-refractivity contribution in [3.8, 4) is 0 Å². The van der Waals surface area contributed by atoms with E-state index >= 15 is 0 Å². The largest absolute Gasteiger partial charge is 0.353 e. The van der Waals surface area contributed by atoms with Gasteiger partial charge in [-0.2, -0.15) is 4.31 Å². The highest BCUT2D eigenvalue weighted by Gasteiger charge is 2.48. The van der Waals surface area contributed by atoms with E-state index in [4.69, 9.17) is 0 Å². The number of likely N-dealkylation sites (tertiary alicyclic amines) is 1. The minimum absolute atomic E-state index is 0.0424. The van der Waals surface area contributed by atoms with Gasteiger partial charge >= 0.3 is 0 Å². The minimum atomic E-state index is -3.53. The van der Waals surface area contributed by atoms with Gasteiger partial charge in [0.1, 0.15) is 10.7 Å². The van der Waals surface area contributed by atoms with Gasteiger partial charge in [-0.05, 0) is 33.0 Å². The fraction of sp³-hybridized carbons (Fsp3) is 0.643. The molecule has 0 radical (unpaired) electrons. The van der Waals surface area contributed by atoms with Crippen LogP contribution in [0.5, 0.6) is 0 Å². The molecule has 7 heteroatoms. The summed E-state index contributed by atoms with van der Waals surface area (Å²) in [7, 11) is 0.454. The number of pyridine rings is 1. The van der Waals surface area contributed by atoms with Gasteiger partial charge in [0.05, 0.1) is 12.1 Å². The second kappa shape index (κ2) is 4.93. The van der Waals surface area contributed by atoms with Crippen LogP contribution in [0, 0.1) is 0 Å². The lowest BCUT2D eigenvalue weighted by molar-refractivity contribution is 0.261. The molecule has 0 spiro atoms. The molecule has 3 rings (SSSR count). The maximum atomic E-state index is 13.1. The standard InChI is InChI=1S/C14H22N4O2S/c1-10(2)18-12-9-16(3)8-11(12)17(4)14-13(21(18,19)20)6-5-7-15-14/h5-7,10-12H,8-9H2,1-4H3/t11-,12-/m0/s1. The monoisotopic (exact) mass is 310 g/mol. The summed E-state index contributed by atoms with van der Waals surface area (Å²) in [6.45, 7) is 5.47. The molecule has 1 aromatic rings. The van der Waals surface area contributed by atoms with Gasteiger partial charge in [0.15, 0.2) is 0 Å². The van der Waals surface area contributed by atoms with Crippen LogP contribution in [0.25, 0.3) is 0 Å². The van der Waals surface area contributed by atoms with Crippen molar-refractivity contribution in [1.82, 2.24) is 14.2 Å². The van der Waals surface area contributed by atoms with Crippen molar-refractivity contribution in [2.24, 2.45) is 0 Å². The molecule has 21 heavy (non-hydrogen) atoms. The average molecular weight is 310 g/mol. The lowest BCUT2D eigenvalue weighted by atomic mass is 10.1. The Morgan fingerprint density at radius 1 is 1.24 bits per heavy atom. The number of aromatic nitrogens is 1. The number of hydrogen-bond acceptors (Lipinski definition) is 5. The molecule has 116 valence electrons. The molecule has 2 aliphatic heterocycles. The number of fused-ring (bicyclic) bond motifs is 2. The first-order chi connectivity index (χ1) is 9.84. The predicted octanol–water partition coefficient (Wildman–Crippen LogP) is 0.613. The second-order valence-electron chi connectivity index (χ2n) is 6.22. The smallest absolute Gasteiger partial charge is 0.247 e. The Labute approximate surface area is 126 Å². The van der Waals surface area contributed by atoms with Crippen LogP contribution in [0.4, 0.5) is 5.82 Å². The number of nitrogens with zero attached hydrogens (tertiary/aromatic N) is 4. The summed E-state index contributed by atoms with van der Waals surface area (Å²) in [5.74, 6) is 0.561. The molecular weight excluding hydrogens is 288 g/mol. The Morgan fingerprint density at radius 2 is 1.90 bits per heavy atom. The van der Waals surface area contributed by atoms with Gasteiger partial charge < -0.3 is 9.80 Å². The third kappa shape index (κ3) is 2.15. The van der Waals surface area contributed by atoms with Crippen LogP contribution in [-0.2, 0) is 10.0 Å². The highest BCUT2D eigenvalue weighted by atomic mass is 32.2. The first-order valence-electron chi connectivity index (χ1n) is 7.24. The number of anilines is 1. The van der Waals surface area contributed by atoms with Crippen molar-refractivity contribution in [3.05, 3.63) is 18.3 Å². The van der Waals surface area contributed by atoms with Crippen molar-refractivity contribution >= 4 is 15.8 Å². The van der Waals surface area contributed by atoms with Crippen LogP contribution in [0.3, 0.4) is 0 Å². The molecule has 3 heterocycles. The van der Waals surface area contributed by atoms with Gasteiger partial charge in [-0.15, -0.1) is 0 Å². The molecule has 0 amide bonds. The molecule has 2 aliphatic rings. The minimum Gasteiger partial charge on any atom is -0.353 e. The van der Waals surface area contributed by atoms with Gasteiger partial charge in [0, 0.05) is 32.4 Å². The van der Waals surface area contributed by atoms with Crippen LogP contribution < -0.4 is 4.90 Å². The molecule has 0 aliphatic carbocycles. The first-order valence-corrected chi connectivity index (χ1v) is 8.68. The van der Waals surface area contributed by atoms with Crippen LogP contribution >= 0.6 is 0 Å². The average Bonchev–Trinajstić information content (AvgIpc) is 2.76. The van der Waals surface area contributed by atoms with Crippen LogP contribution in [0.2, 0.25) is 0 Å². The lowest BCUT2D eigenvalue weighted by Gasteiger charge is -2.34. The van der Waals surface area contributed by atoms with E-state index in [1.807, 2.05) is 32.8 Å². The Hall–Kier alpha value is -1.18. The van der Waals surface area contributed by atoms with E-state index in [9.17, 15) is 8.42 Å². The maximum absolute atomic E-state index is 13.1. The van der Waals surface area contributed by atoms with Gasteiger partial charge in [-0.25, -0.2) is 13.4 Å². The highest BCUT2D eigenvalue weighted by molar-refractivity contribution is 7.89. The van der Waals surface area contributed by atoms with Crippen molar-refractivity contribution in [3.63, 3.8) is 0 Å². The molecule has 0 unspecified atom stereocenters. The summed E-state index contributed by atoms with van der Waals surface area (Å²) >= 11 is 0. The molecular formula is C14H22N4O2S. The molecule has 0 saturated carbocycles. The second-order valence-corrected chi connectivity index (χ2v) is 8.03. The van der Waals surface area contributed by atoms with E-state index in [-0.39, 0.29) is 18.1 Å². The van der Waals surface area contributed by atoms with Crippen LogP contribution in [0.1, 0.15) is 13.8 Å². The molecule has 0 aromatic carbocycles. The molecule has 0 N–H and O–H groups in total. The fourth-order valence-electron chi connectivity index (χ4n) is 3.55. The van der Waals surface area contributed by atoms with E-state index in [1.54, 1.807) is 22.6 Å². The Morgan fingerprint density at radius 3 is 2.57 bits per heavy atom. The third-order valence-corrected chi connectivity index (χ3v) is 6.54. The number of hydrogen-bond donors (Lipinski definition) is 0. The quantitative estimate of drug-likeness (QED) is 0.761. The van der Waals surface area contributed by atoms with E-state index in [0.717, 1.165) is 13.1 Å². The topological polar surface area (TPSA) is 56.8 Å². The first kappa shape index (κ1) is 14.7. The summed E-state index contributed by atoms with van der Waals surface area (Å²) in [4.78, 5) is 8.87. The van der Waals surface area contributed by atoms with Crippen molar-refractivity contribution in [1.29, 1.82) is 0 Å². The van der Waals surface area contributed by atoms with E-state index in [2.05, 4.69) is 9.88 Å². The van der Waals surface area contributed by atoms with E-state index in [0.29, 0.717) is 10.7 Å².